The van der Waals surface area contributed by atoms with E-state index in [0.717, 1.165) is 75.1 Å². The topological polar surface area (TPSA) is 75.1 Å². The highest BCUT2D eigenvalue weighted by Gasteiger charge is 2.28. The van der Waals surface area contributed by atoms with Crippen LogP contribution in [0.2, 0.25) is 0 Å². The molecule has 2 aromatic rings. The van der Waals surface area contributed by atoms with Crippen LogP contribution in [0.4, 0.5) is 5.82 Å². The summed E-state index contributed by atoms with van der Waals surface area (Å²) in [6.45, 7) is 8.83. The molecular formula is C25H33ClN6O. The van der Waals surface area contributed by atoms with Crippen molar-refractivity contribution in [1.29, 1.82) is 0 Å². The van der Waals surface area contributed by atoms with Gasteiger partial charge in [0.05, 0.1) is 18.3 Å². The number of pyridine rings is 1. The number of aromatic nitrogens is 3. The fourth-order valence-corrected chi connectivity index (χ4v) is 4.82. The number of nitrogens with zero attached hydrogens (tertiary/aromatic N) is 4. The van der Waals surface area contributed by atoms with E-state index in [2.05, 4.69) is 27.1 Å². The molecule has 0 bridgehead atoms. The summed E-state index contributed by atoms with van der Waals surface area (Å²) in [6.07, 6.45) is 14.9. The van der Waals surface area contributed by atoms with E-state index in [4.69, 9.17) is 16.7 Å². The highest BCUT2D eigenvalue weighted by Crippen LogP contribution is 2.29. The molecule has 8 heteroatoms. The molecule has 0 unspecified atom stereocenters. The van der Waals surface area contributed by atoms with Crippen molar-refractivity contribution in [1.82, 2.24) is 25.4 Å². The summed E-state index contributed by atoms with van der Waals surface area (Å²) in [6, 6.07) is 2.01. The first kappa shape index (κ1) is 23.5. The predicted octanol–water partition coefficient (Wildman–Crippen LogP) is 3.63. The summed E-state index contributed by atoms with van der Waals surface area (Å²) in [4.78, 5) is 19.3. The Morgan fingerprint density at radius 2 is 2.06 bits per heavy atom. The van der Waals surface area contributed by atoms with E-state index in [9.17, 15) is 4.79 Å². The maximum absolute atomic E-state index is 12.7. The van der Waals surface area contributed by atoms with E-state index in [1.165, 1.54) is 0 Å². The molecule has 0 atom stereocenters. The van der Waals surface area contributed by atoms with E-state index in [-0.39, 0.29) is 11.8 Å². The molecule has 2 aliphatic heterocycles. The first-order chi connectivity index (χ1) is 16.2. The van der Waals surface area contributed by atoms with Crippen LogP contribution in [0, 0.1) is 11.8 Å². The van der Waals surface area contributed by atoms with E-state index in [1.807, 2.05) is 29.1 Å². The van der Waals surface area contributed by atoms with Crippen molar-refractivity contribution in [3.63, 3.8) is 0 Å². The van der Waals surface area contributed by atoms with Gasteiger partial charge in [0.25, 0.3) is 0 Å². The van der Waals surface area contributed by atoms with Gasteiger partial charge >= 0.3 is 0 Å². The first-order valence-electron chi connectivity index (χ1n) is 11.8. The molecule has 2 fully saturated rings. The molecule has 0 saturated carbocycles. The highest BCUT2D eigenvalue weighted by molar-refractivity contribution is 6.31. The third kappa shape index (κ3) is 6.03. The van der Waals surface area contributed by atoms with Gasteiger partial charge in [0.2, 0.25) is 5.91 Å². The molecule has 2 N–H and O–H groups in total. The van der Waals surface area contributed by atoms with Gasteiger partial charge in [-0.1, -0.05) is 30.3 Å². The summed E-state index contributed by atoms with van der Waals surface area (Å²) in [5.74, 6) is 1.86. The SMILES string of the molecule is C=C/C=C(Cl)\C=C/Cn1nc(N2CCC(C(=O)NCC3CCNCC3)CC2)c2ccncc21. The van der Waals surface area contributed by atoms with Crippen molar-refractivity contribution in [2.45, 2.75) is 32.2 Å². The van der Waals surface area contributed by atoms with Crippen LogP contribution in [-0.4, -0.2) is 53.4 Å². The molecule has 2 saturated heterocycles. The third-order valence-electron chi connectivity index (χ3n) is 6.56. The monoisotopic (exact) mass is 468 g/mol. The molecule has 1 amide bonds. The lowest BCUT2D eigenvalue weighted by atomic mass is 9.94. The zero-order valence-electron chi connectivity index (χ0n) is 19.0. The molecule has 0 aromatic carbocycles. The standard InChI is InChI=1S/C25H33ClN6O/c1-2-4-21(26)5-3-14-32-23-18-28-13-8-22(23)24(30-32)31-15-9-20(10-16-31)25(33)29-17-19-6-11-27-12-7-19/h2-5,8,13,18-20,27H,1,6-7,9-12,14-17H2,(H,29,33)/b5-3-,21-4+. The van der Waals surface area contributed by atoms with Gasteiger partial charge in [0.1, 0.15) is 0 Å². The number of rotatable bonds is 8. The molecule has 0 aliphatic carbocycles. The van der Waals surface area contributed by atoms with Crippen molar-refractivity contribution in [3.8, 4) is 0 Å². The van der Waals surface area contributed by atoms with Gasteiger partial charge in [-0.05, 0) is 62.9 Å². The lowest BCUT2D eigenvalue weighted by Gasteiger charge is -2.32. The van der Waals surface area contributed by atoms with Crippen LogP contribution >= 0.6 is 11.6 Å². The van der Waals surface area contributed by atoms with Crippen LogP contribution < -0.4 is 15.5 Å². The Kier molecular flexibility index (Phi) is 8.18. The third-order valence-corrected chi connectivity index (χ3v) is 6.81. The maximum atomic E-state index is 12.7. The fraction of sp³-hybridized carbons (Fsp3) is 0.480. The summed E-state index contributed by atoms with van der Waals surface area (Å²) < 4.78 is 1.95. The normalized spacial score (nSPS) is 18.8. The zero-order valence-corrected chi connectivity index (χ0v) is 19.8. The summed E-state index contributed by atoms with van der Waals surface area (Å²) in [7, 11) is 0. The fourth-order valence-electron chi connectivity index (χ4n) is 4.64. The van der Waals surface area contributed by atoms with E-state index in [0.29, 0.717) is 17.5 Å². The van der Waals surface area contributed by atoms with E-state index >= 15 is 0 Å². The molecule has 0 spiro atoms. The van der Waals surface area contributed by atoms with Gasteiger partial charge in [-0.15, -0.1) is 0 Å². The number of nitrogens with one attached hydrogen (secondary N) is 2. The molecule has 4 heterocycles. The van der Waals surface area contributed by atoms with Gasteiger partial charge in [0.15, 0.2) is 5.82 Å². The average Bonchev–Trinajstić information content (AvgIpc) is 3.22. The first-order valence-corrected chi connectivity index (χ1v) is 12.2. The second kappa shape index (κ2) is 11.5. The van der Waals surface area contributed by atoms with Crippen molar-refractivity contribution in [2.24, 2.45) is 11.8 Å². The van der Waals surface area contributed by atoms with Gasteiger partial charge in [-0.25, -0.2) is 0 Å². The zero-order chi connectivity index (χ0) is 23.0. The number of allylic oxidation sites excluding steroid dienone is 5. The molecule has 7 nitrogen and oxygen atoms in total. The van der Waals surface area contributed by atoms with Crippen LogP contribution in [0.5, 0.6) is 0 Å². The number of hydrogen-bond acceptors (Lipinski definition) is 5. The Morgan fingerprint density at radius 1 is 1.27 bits per heavy atom. The molecule has 4 rings (SSSR count). The smallest absolute Gasteiger partial charge is 0.223 e. The largest absolute Gasteiger partial charge is 0.356 e. The predicted molar refractivity (Wildman–Crippen MR) is 134 cm³/mol. The van der Waals surface area contributed by atoms with E-state index < -0.39 is 0 Å². The minimum absolute atomic E-state index is 0.0831. The number of carbonyl (C=O) groups excluding carboxylic acids is 1. The van der Waals surface area contributed by atoms with Gasteiger partial charge in [-0.2, -0.15) is 5.10 Å². The van der Waals surface area contributed by atoms with Crippen molar-refractivity contribution >= 4 is 34.2 Å². The quantitative estimate of drug-likeness (QED) is 0.579. The highest BCUT2D eigenvalue weighted by atomic mass is 35.5. The summed E-state index contributed by atoms with van der Waals surface area (Å²) in [5.41, 5.74) is 0.989. The van der Waals surface area contributed by atoms with Crippen LogP contribution in [-0.2, 0) is 11.3 Å². The van der Waals surface area contributed by atoms with Crippen molar-refractivity contribution < 1.29 is 4.79 Å². The lowest BCUT2D eigenvalue weighted by molar-refractivity contribution is -0.125. The van der Waals surface area contributed by atoms with Gasteiger partial charge in [0, 0.05) is 42.2 Å². The molecular weight excluding hydrogens is 436 g/mol. The lowest BCUT2D eigenvalue weighted by Crippen LogP contribution is -2.43. The molecule has 2 aromatic heterocycles. The van der Waals surface area contributed by atoms with Crippen LogP contribution in [0.1, 0.15) is 25.7 Å². The molecule has 2 aliphatic rings. The number of amides is 1. The van der Waals surface area contributed by atoms with Crippen LogP contribution in [0.15, 0.2) is 54.4 Å². The van der Waals surface area contributed by atoms with Crippen LogP contribution in [0.25, 0.3) is 10.9 Å². The molecule has 176 valence electrons. The second-order valence-electron chi connectivity index (χ2n) is 8.79. The van der Waals surface area contributed by atoms with Gasteiger partial charge in [-0.3, -0.25) is 14.5 Å². The number of hydrogen-bond donors (Lipinski definition) is 2. The average molecular weight is 469 g/mol. The number of halogens is 1. The Balaban J connectivity index is 1.37. The molecule has 33 heavy (non-hydrogen) atoms. The minimum atomic E-state index is 0.0831. The van der Waals surface area contributed by atoms with Crippen molar-refractivity contribution in [3.05, 3.63) is 54.4 Å². The Bertz CT molecular complexity index is 1020. The Labute approximate surface area is 200 Å². The summed E-state index contributed by atoms with van der Waals surface area (Å²) in [5, 5.41) is 13.2. The van der Waals surface area contributed by atoms with Crippen molar-refractivity contribution in [2.75, 3.05) is 37.6 Å². The summed E-state index contributed by atoms with van der Waals surface area (Å²) >= 11 is 6.12. The second-order valence-corrected chi connectivity index (χ2v) is 9.22. The number of carbonyl (C=O) groups is 1. The molecule has 0 radical (unpaired) electrons. The number of anilines is 1. The number of piperidine rings is 2. The minimum Gasteiger partial charge on any atom is -0.356 e. The Hall–Kier alpha value is -2.64. The van der Waals surface area contributed by atoms with Gasteiger partial charge < -0.3 is 15.5 Å². The maximum Gasteiger partial charge on any atom is 0.223 e. The number of fused-ring (bicyclic) bond motifs is 1. The van der Waals surface area contributed by atoms with Crippen LogP contribution in [0.3, 0.4) is 0 Å². The van der Waals surface area contributed by atoms with E-state index in [1.54, 1.807) is 18.3 Å². The Morgan fingerprint density at radius 3 is 2.82 bits per heavy atom.